The van der Waals surface area contributed by atoms with E-state index in [-0.39, 0.29) is 26.1 Å². The molecule has 3 N–H and O–H groups in total. The summed E-state index contributed by atoms with van der Waals surface area (Å²) in [5.74, 6) is -1.61. The van der Waals surface area contributed by atoms with E-state index in [1.807, 2.05) is 103 Å². The van der Waals surface area contributed by atoms with Crippen molar-refractivity contribution in [2.24, 2.45) is 5.73 Å². The van der Waals surface area contributed by atoms with Crippen molar-refractivity contribution >= 4 is 28.6 Å². The topological polar surface area (TPSA) is 108 Å². The van der Waals surface area contributed by atoms with Crippen LogP contribution >= 0.6 is 0 Å². The molecule has 0 aliphatic rings. The number of ether oxygens (including phenoxy) is 2. The van der Waals surface area contributed by atoms with Crippen molar-refractivity contribution in [1.29, 1.82) is 0 Å². The van der Waals surface area contributed by atoms with Crippen LogP contribution in [0.4, 0.5) is 0 Å². The second kappa shape index (κ2) is 13.9. The van der Waals surface area contributed by atoms with Crippen LogP contribution in [0.25, 0.3) is 10.8 Å². The van der Waals surface area contributed by atoms with E-state index in [2.05, 4.69) is 5.32 Å². The number of hydrogen-bond acceptors (Lipinski definition) is 6. The Kier molecular flexibility index (Phi) is 9.80. The van der Waals surface area contributed by atoms with Crippen LogP contribution in [0.5, 0.6) is 0 Å². The van der Waals surface area contributed by atoms with E-state index in [0.29, 0.717) is 6.42 Å². The second-order valence-electron chi connectivity index (χ2n) is 9.33. The molecule has 0 aromatic heterocycles. The lowest BCUT2D eigenvalue weighted by Gasteiger charge is -2.20. The summed E-state index contributed by atoms with van der Waals surface area (Å²) >= 11 is 0. The van der Waals surface area contributed by atoms with Gasteiger partial charge in [-0.05, 0) is 40.3 Å². The molecule has 0 radical (unpaired) electrons. The molecule has 39 heavy (non-hydrogen) atoms. The zero-order valence-electron chi connectivity index (χ0n) is 21.6. The average molecular weight is 525 g/mol. The minimum atomic E-state index is -1.05. The number of rotatable bonds is 12. The molecule has 0 heterocycles. The maximum Gasteiger partial charge on any atom is 0.328 e. The van der Waals surface area contributed by atoms with Crippen molar-refractivity contribution in [2.45, 2.75) is 44.6 Å². The molecule has 7 heteroatoms. The number of amides is 1. The Morgan fingerprint density at radius 3 is 1.95 bits per heavy atom. The van der Waals surface area contributed by atoms with Crippen molar-refractivity contribution in [3.63, 3.8) is 0 Å². The maximum absolute atomic E-state index is 13.0. The molecule has 0 fully saturated rings. The normalized spacial score (nSPS) is 12.3. The quantitative estimate of drug-likeness (QED) is 0.265. The van der Waals surface area contributed by atoms with Gasteiger partial charge in [0.2, 0.25) is 5.91 Å². The van der Waals surface area contributed by atoms with Gasteiger partial charge in [0, 0.05) is 6.42 Å². The fraction of sp³-hybridized carbons (Fsp3) is 0.219. The molecule has 7 nitrogen and oxygen atoms in total. The van der Waals surface area contributed by atoms with Crippen LogP contribution in [0.1, 0.15) is 29.5 Å². The van der Waals surface area contributed by atoms with E-state index < -0.39 is 29.9 Å². The van der Waals surface area contributed by atoms with Crippen molar-refractivity contribution in [3.05, 3.63) is 120 Å². The highest BCUT2D eigenvalue weighted by Crippen LogP contribution is 2.17. The van der Waals surface area contributed by atoms with Gasteiger partial charge in [0.15, 0.2) is 0 Å². The molecule has 0 bridgehead atoms. The number of benzene rings is 4. The third-order valence-electron chi connectivity index (χ3n) is 6.31. The zero-order chi connectivity index (χ0) is 27.5. The van der Waals surface area contributed by atoms with Crippen molar-refractivity contribution in [3.8, 4) is 0 Å². The molecule has 1 amide bonds. The maximum atomic E-state index is 13.0. The summed E-state index contributed by atoms with van der Waals surface area (Å²) in [6.07, 6.45) is 0.245. The fourth-order valence-corrected chi connectivity index (χ4v) is 4.14. The van der Waals surface area contributed by atoms with Crippen LogP contribution < -0.4 is 11.1 Å². The first kappa shape index (κ1) is 27.5. The minimum Gasteiger partial charge on any atom is -0.461 e. The number of esters is 2. The molecule has 0 saturated carbocycles. The number of hydrogen-bond donors (Lipinski definition) is 2. The summed E-state index contributed by atoms with van der Waals surface area (Å²) in [5, 5.41) is 4.84. The van der Waals surface area contributed by atoms with Gasteiger partial charge in [-0.3, -0.25) is 9.59 Å². The van der Waals surface area contributed by atoms with Crippen LogP contribution in [-0.2, 0) is 43.5 Å². The molecule has 4 aromatic carbocycles. The van der Waals surface area contributed by atoms with Crippen molar-refractivity contribution in [1.82, 2.24) is 5.32 Å². The van der Waals surface area contributed by atoms with Gasteiger partial charge in [-0.1, -0.05) is 103 Å². The number of fused-ring (bicyclic) bond motifs is 1. The lowest BCUT2D eigenvalue weighted by molar-refractivity contribution is -0.150. The highest BCUT2D eigenvalue weighted by Gasteiger charge is 2.26. The SMILES string of the molecule is N[C@@H](Cc1ccc2ccccc2c1)C(=O)N[C@@H](CCC(=O)OCc1ccccc1)C(=O)OCc1ccccc1. The largest absolute Gasteiger partial charge is 0.461 e. The third-order valence-corrected chi connectivity index (χ3v) is 6.31. The lowest BCUT2D eigenvalue weighted by Crippen LogP contribution is -2.49. The summed E-state index contributed by atoms with van der Waals surface area (Å²) in [6, 6.07) is 30.5. The van der Waals surface area contributed by atoms with E-state index in [4.69, 9.17) is 15.2 Å². The smallest absolute Gasteiger partial charge is 0.328 e. The standard InChI is InChI=1S/C32H32N2O5/c33-28(20-25-15-16-26-13-7-8-14-27(26)19-25)31(36)34-29(32(37)39-22-24-11-5-2-6-12-24)17-18-30(35)38-21-23-9-3-1-4-10-23/h1-16,19,28-29H,17-18,20-22,33H2,(H,34,36)/t28-,29-/m0/s1. The Hall–Kier alpha value is -4.49. The van der Waals surface area contributed by atoms with Gasteiger partial charge >= 0.3 is 11.9 Å². The fourth-order valence-electron chi connectivity index (χ4n) is 4.14. The van der Waals surface area contributed by atoms with Gasteiger partial charge in [0.25, 0.3) is 0 Å². The van der Waals surface area contributed by atoms with Crippen LogP contribution in [0.15, 0.2) is 103 Å². The van der Waals surface area contributed by atoms with Crippen molar-refractivity contribution < 1.29 is 23.9 Å². The molecule has 0 spiro atoms. The van der Waals surface area contributed by atoms with Gasteiger partial charge in [-0.2, -0.15) is 0 Å². The number of nitrogens with one attached hydrogen (secondary N) is 1. The Morgan fingerprint density at radius 2 is 1.28 bits per heavy atom. The molecule has 0 saturated heterocycles. The highest BCUT2D eigenvalue weighted by atomic mass is 16.5. The molecular formula is C32H32N2O5. The monoisotopic (exact) mass is 524 g/mol. The Morgan fingerprint density at radius 1 is 0.692 bits per heavy atom. The Balaban J connectivity index is 1.36. The summed E-state index contributed by atoms with van der Waals surface area (Å²) in [6.45, 7) is 0.180. The third kappa shape index (κ3) is 8.51. The number of carbonyl (C=O) groups excluding carboxylic acids is 3. The lowest BCUT2D eigenvalue weighted by atomic mass is 10.0. The van der Waals surface area contributed by atoms with Crippen molar-refractivity contribution in [2.75, 3.05) is 0 Å². The van der Waals surface area contributed by atoms with Crippen LogP contribution in [0.3, 0.4) is 0 Å². The van der Waals surface area contributed by atoms with Gasteiger partial charge < -0.3 is 20.5 Å². The summed E-state index contributed by atoms with van der Waals surface area (Å²) in [5.41, 5.74) is 8.80. The Bertz CT molecular complexity index is 1390. The molecule has 4 aromatic rings. The molecule has 0 unspecified atom stereocenters. The van der Waals surface area contributed by atoms with Crippen LogP contribution in [-0.4, -0.2) is 29.9 Å². The predicted molar refractivity (Wildman–Crippen MR) is 149 cm³/mol. The Labute approximate surface area is 227 Å². The minimum absolute atomic E-state index is 0.0235. The predicted octanol–water partition coefficient (Wildman–Crippen LogP) is 4.46. The zero-order valence-corrected chi connectivity index (χ0v) is 21.6. The second-order valence-corrected chi connectivity index (χ2v) is 9.33. The summed E-state index contributed by atoms with van der Waals surface area (Å²) in [7, 11) is 0. The average Bonchev–Trinajstić information content (AvgIpc) is 2.97. The molecule has 4 rings (SSSR count). The molecular weight excluding hydrogens is 492 g/mol. The first-order valence-electron chi connectivity index (χ1n) is 12.9. The van der Waals surface area contributed by atoms with Gasteiger partial charge in [0.05, 0.1) is 6.04 Å². The van der Waals surface area contributed by atoms with Gasteiger partial charge in [-0.15, -0.1) is 0 Å². The van der Waals surface area contributed by atoms with Gasteiger partial charge in [-0.25, -0.2) is 4.79 Å². The van der Waals surface area contributed by atoms with E-state index in [1.165, 1.54) is 0 Å². The van der Waals surface area contributed by atoms with E-state index in [1.54, 1.807) is 0 Å². The molecule has 2 atom stereocenters. The first-order chi connectivity index (χ1) is 19.0. The van der Waals surface area contributed by atoms with Gasteiger partial charge in [0.1, 0.15) is 19.3 Å². The summed E-state index contributed by atoms with van der Waals surface area (Å²) < 4.78 is 10.8. The molecule has 0 aliphatic heterocycles. The van der Waals surface area contributed by atoms with Crippen LogP contribution in [0, 0.1) is 0 Å². The summed E-state index contributed by atoms with van der Waals surface area (Å²) in [4.78, 5) is 38.3. The van der Waals surface area contributed by atoms with E-state index in [9.17, 15) is 14.4 Å². The van der Waals surface area contributed by atoms with Crippen LogP contribution in [0.2, 0.25) is 0 Å². The highest BCUT2D eigenvalue weighted by molar-refractivity contribution is 5.88. The van der Waals surface area contributed by atoms with E-state index in [0.717, 1.165) is 27.5 Å². The molecule has 200 valence electrons. The molecule has 0 aliphatic carbocycles. The number of carbonyl (C=O) groups is 3. The van der Waals surface area contributed by atoms with E-state index >= 15 is 0 Å². The number of nitrogens with two attached hydrogens (primary N) is 1. The first-order valence-corrected chi connectivity index (χ1v) is 12.9.